The van der Waals surface area contributed by atoms with E-state index in [1.807, 2.05) is 0 Å². The normalized spacial score (nSPS) is 11.4. The van der Waals surface area contributed by atoms with Crippen LogP contribution < -0.4 is 10.0 Å². The van der Waals surface area contributed by atoms with E-state index >= 15 is 0 Å². The lowest BCUT2D eigenvalue weighted by Crippen LogP contribution is -2.30. The first-order chi connectivity index (χ1) is 12.2. The summed E-state index contributed by atoms with van der Waals surface area (Å²) in [5.74, 6) is -0.696. The number of nitrogens with one attached hydrogen (secondary N) is 2. The van der Waals surface area contributed by atoms with Gasteiger partial charge in [-0.05, 0) is 44.9 Å². The quantitative estimate of drug-likeness (QED) is 0.460. The zero-order valence-corrected chi connectivity index (χ0v) is 16.7. The molecule has 0 atom stereocenters. The molecule has 1 aromatic rings. The third kappa shape index (κ3) is 7.31. The highest BCUT2D eigenvalue weighted by Crippen LogP contribution is 2.20. The van der Waals surface area contributed by atoms with Crippen LogP contribution in [0.4, 0.5) is 0 Å². The maximum atomic E-state index is 12.3. The van der Waals surface area contributed by atoms with Crippen LogP contribution in [0.15, 0.2) is 23.1 Å². The van der Waals surface area contributed by atoms with Crippen molar-refractivity contribution in [2.24, 2.45) is 0 Å². The predicted octanol–water partition coefficient (Wildman–Crippen LogP) is 2.49. The molecular weight excluding hydrogens is 380 g/mol. The summed E-state index contributed by atoms with van der Waals surface area (Å²) in [6, 6.07) is 3.75. The number of hydrogen-bond donors (Lipinski definition) is 2. The van der Waals surface area contributed by atoms with Gasteiger partial charge in [-0.15, -0.1) is 0 Å². The number of benzene rings is 1. The Morgan fingerprint density at radius 2 is 1.88 bits per heavy atom. The van der Waals surface area contributed by atoms with Gasteiger partial charge in [-0.3, -0.25) is 9.59 Å². The average molecular weight is 405 g/mol. The standard InChI is InChI=1S/C17H25ClN2O5S/c1-12(2)20-26(23,24)13-8-9-15(18)14(11-13)17(22)19-10-6-4-5-7-16(21)25-3/h8-9,11-12,20H,4-7,10H2,1-3H3,(H,19,22). The Labute approximate surface area is 159 Å². The van der Waals surface area contributed by atoms with E-state index in [0.717, 1.165) is 6.42 Å². The Hall–Kier alpha value is -1.64. The summed E-state index contributed by atoms with van der Waals surface area (Å²) in [5.41, 5.74) is 0.104. The molecule has 2 N–H and O–H groups in total. The molecule has 0 aliphatic heterocycles. The highest BCUT2D eigenvalue weighted by molar-refractivity contribution is 7.89. The van der Waals surface area contributed by atoms with Crippen LogP contribution in [0.25, 0.3) is 0 Å². The number of amides is 1. The molecular formula is C17H25ClN2O5S. The third-order valence-electron chi connectivity index (χ3n) is 3.45. The summed E-state index contributed by atoms with van der Waals surface area (Å²) >= 11 is 6.03. The van der Waals surface area contributed by atoms with Crippen LogP contribution in [-0.2, 0) is 19.6 Å². The van der Waals surface area contributed by atoms with Gasteiger partial charge in [-0.2, -0.15) is 0 Å². The third-order valence-corrected chi connectivity index (χ3v) is 5.44. The van der Waals surface area contributed by atoms with E-state index in [-0.39, 0.29) is 27.5 Å². The number of esters is 1. The number of carbonyl (C=O) groups is 2. The zero-order chi connectivity index (χ0) is 19.7. The highest BCUT2D eigenvalue weighted by Gasteiger charge is 2.19. The van der Waals surface area contributed by atoms with Crippen molar-refractivity contribution in [2.75, 3.05) is 13.7 Å². The number of rotatable bonds is 10. The van der Waals surface area contributed by atoms with E-state index < -0.39 is 15.9 Å². The molecule has 26 heavy (non-hydrogen) atoms. The zero-order valence-electron chi connectivity index (χ0n) is 15.2. The molecule has 0 spiro atoms. The lowest BCUT2D eigenvalue weighted by molar-refractivity contribution is -0.140. The molecule has 1 rings (SSSR count). The minimum Gasteiger partial charge on any atom is -0.469 e. The SMILES string of the molecule is COC(=O)CCCCCNC(=O)c1cc(S(=O)(=O)NC(C)C)ccc1Cl. The second kappa shape index (κ2) is 10.5. The summed E-state index contributed by atoms with van der Waals surface area (Å²) in [6.45, 7) is 3.82. The highest BCUT2D eigenvalue weighted by atomic mass is 35.5. The lowest BCUT2D eigenvalue weighted by Gasteiger charge is -2.12. The van der Waals surface area contributed by atoms with Crippen molar-refractivity contribution in [1.82, 2.24) is 10.0 Å². The second-order valence-electron chi connectivity index (χ2n) is 6.06. The van der Waals surface area contributed by atoms with Gasteiger partial charge in [0.05, 0.1) is 22.6 Å². The Bertz CT molecular complexity index is 735. The van der Waals surface area contributed by atoms with Crippen LogP contribution in [0.2, 0.25) is 5.02 Å². The van der Waals surface area contributed by atoms with Crippen molar-refractivity contribution in [3.8, 4) is 0 Å². The fourth-order valence-corrected chi connectivity index (χ4v) is 3.67. The molecule has 0 fully saturated rings. The summed E-state index contributed by atoms with van der Waals surface area (Å²) in [4.78, 5) is 23.2. The molecule has 9 heteroatoms. The van der Waals surface area contributed by atoms with Crippen molar-refractivity contribution >= 4 is 33.5 Å². The summed E-state index contributed by atoms with van der Waals surface area (Å²) in [7, 11) is -2.36. The van der Waals surface area contributed by atoms with Crippen molar-refractivity contribution in [3.63, 3.8) is 0 Å². The van der Waals surface area contributed by atoms with Gasteiger partial charge >= 0.3 is 5.97 Å². The van der Waals surface area contributed by atoms with Crippen LogP contribution in [0.3, 0.4) is 0 Å². The fraction of sp³-hybridized carbons (Fsp3) is 0.529. The van der Waals surface area contributed by atoms with Crippen LogP contribution in [0, 0.1) is 0 Å². The summed E-state index contributed by atoms with van der Waals surface area (Å²) < 4.78 is 31.4. The van der Waals surface area contributed by atoms with Crippen molar-refractivity contribution in [1.29, 1.82) is 0 Å². The maximum Gasteiger partial charge on any atom is 0.305 e. The van der Waals surface area contributed by atoms with Gasteiger partial charge in [0.15, 0.2) is 0 Å². The van der Waals surface area contributed by atoms with E-state index in [4.69, 9.17) is 11.6 Å². The van der Waals surface area contributed by atoms with Crippen LogP contribution >= 0.6 is 11.6 Å². The van der Waals surface area contributed by atoms with E-state index in [1.165, 1.54) is 25.3 Å². The number of carbonyl (C=O) groups excluding carboxylic acids is 2. The smallest absolute Gasteiger partial charge is 0.305 e. The molecule has 7 nitrogen and oxygen atoms in total. The topological polar surface area (TPSA) is 102 Å². The average Bonchev–Trinajstić information content (AvgIpc) is 2.56. The molecule has 0 radical (unpaired) electrons. The van der Waals surface area contributed by atoms with Gasteiger partial charge in [0.25, 0.3) is 5.91 Å². The minimum atomic E-state index is -3.71. The summed E-state index contributed by atoms with van der Waals surface area (Å²) in [6.07, 6.45) is 2.47. The van der Waals surface area contributed by atoms with Gasteiger partial charge < -0.3 is 10.1 Å². The first-order valence-electron chi connectivity index (χ1n) is 8.34. The largest absolute Gasteiger partial charge is 0.469 e. The first kappa shape index (κ1) is 22.4. The number of ether oxygens (including phenoxy) is 1. The Balaban J connectivity index is 2.63. The second-order valence-corrected chi connectivity index (χ2v) is 8.18. The molecule has 0 aromatic heterocycles. The van der Waals surface area contributed by atoms with E-state index in [0.29, 0.717) is 25.8 Å². The van der Waals surface area contributed by atoms with Crippen LogP contribution in [0.1, 0.15) is 49.9 Å². The Morgan fingerprint density at radius 1 is 1.19 bits per heavy atom. The Kier molecular flexibility index (Phi) is 9.04. The van der Waals surface area contributed by atoms with Crippen LogP contribution in [0.5, 0.6) is 0 Å². The Morgan fingerprint density at radius 3 is 2.50 bits per heavy atom. The molecule has 1 aromatic carbocycles. The molecule has 0 heterocycles. The molecule has 0 saturated carbocycles. The fourth-order valence-electron chi connectivity index (χ4n) is 2.19. The predicted molar refractivity (Wildman–Crippen MR) is 99.7 cm³/mol. The molecule has 0 saturated heterocycles. The molecule has 0 bridgehead atoms. The number of sulfonamides is 1. The number of hydrogen-bond acceptors (Lipinski definition) is 5. The number of halogens is 1. The van der Waals surface area contributed by atoms with Crippen molar-refractivity contribution in [2.45, 2.75) is 50.5 Å². The molecule has 1 amide bonds. The van der Waals surface area contributed by atoms with Gasteiger partial charge in [0.1, 0.15) is 0 Å². The van der Waals surface area contributed by atoms with E-state index in [1.54, 1.807) is 13.8 Å². The maximum absolute atomic E-state index is 12.3. The molecule has 0 unspecified atom stereocenters. The van der Waals surface area contributed by atoms with Crippen LogP contribution in [-0.4, -0.2) is 40.0 Å². The van der Waals surface area contributed by atoms with Gasteiger partial charge in [-0.1, -0.05) is 18.0 Å². The van der Waals surface area contributed by atoms with E-state index in [9.17, 15) is 18.0 Å². The summed E-state index contributed by atoms with van der Waals surface area (Å²) in [5, 5.41) is 2.88. The molecule has 0 aliphatic carbocycles. The van der Waals surface area contributed by atoms with Gasteiger partial charge in [-0.25, -0.2) is 13.1 Å². The van der Waals surface area contributed by atoms with Gasteiger partial charge in [0, 0.05) is 19.0 Å². The van der Waals surface area contributed by atoms with Gasteiger partial charge in [0.2, 0.25) is 10.0 Å². The lowest BCUT2D eigenvalue weighted by atomic mass is 10.2. The van der Waals surface area contributed by atoms with Crippen molar-refractivity contribution in [3.05, 3.63) is 28.8 Å². The molecule has 0 aliphatic rings. The number of methoxy groups -OCH3 is 1. The number of unbranched alkanes of at least 4 members (excludes halogenated alkanes) is 2. The monoisotopic (exact) mass is 404 g/mol. The van der Waals surface area contributed by atoms with Crippen molar-refractivity contribution < 1.29 is 22.7 Å². The molecule has 146 valence electrons. The van der Waals surface area contributed by atoms with E-state index in [2.05, 4.69) is 14.8 Å². The first-order valence-corrected chi connectivity index (χ1v) is 10.2. The minimum absolute atomic E-state index is 0.0150.